The number of hydrogen-bond donors (Lipinski definition) is 2. The van der Waals surface area contributed by atoms with E-state index >= 15 is 0 Å². The summed E-state index contributed by atoms with van der Waals surface area (Å²) in [4.78, 5) is 34.6. The minimum atomic E-state index is -1.21. The van der Waals surface area contributed by atoms with Crippen molar-refractivity contribution in [3.63, 3.8) is 0 Å². The SMILES string of the molecule is CNC(=O)NC(=O)[C@H](OC(=O)COC)c1ccccc1. The smallest absolute Gasteiger partial charge is 0.333 e. The molecule has 0 aliphatic carbocycles. The Morgan fingerprint density at radius 3 is 2.40 bits per heavy atom. The number of esters is 1. The zero-order chi connectivity index (χ0) is 15.0. The average molecular weight is 280 g/mol. The maximum absolute atomic E-state index is 12.0. The highest BCUT2D eigenvalue weighted by Gasteiger charge is 2.26. The topological polar surface area (TPSA) is 93.7 Å². The van der Waals surface area contributed by atoms with E-state index in [-0.39, 0.29) is 6.61 Å². The van der Waals surface area contributed by atoms with Gasteiger partial charge in [-0.25, -0.2) is 9.59 Å². The maximum Gasteiger partial charge on any atom is 0.333 e. The van der Waals surface area contributed by atoms with Crippen LogP contribution in [0.25, 0.3) is 0 Å². The van der Waals surface area contributed by atoms with Gasteiger partial charge in [0, 0.05) is 19.7 Å². The van der Waals surface area contributed by atoms with Crippen LogP contribution in [0.3, 0.4) is 0 Å². The third-order valence-corrected chi connectivity index (χ3v) is 2.32. The minimum Gasteiger partial charge on any atom is -0.446 e. The second-order valence-electron chi connectivity index (χ2n) is 3.78. The molecule has 0 bridgehead atoms. The van der Waals surface area contributed by atoms with Gasteiger partial charge in [0.1, 0.15) is 6.61 Å². The van der Waals surface area contributed by atoms with Crippen molar-refractivity contribution < 1.29 is 23.9 Å². The summed E-state index contributed by atoms with van der Waals surface area (Å²) in [7, 11) is 2.71. The maximum atomic E-state index is 12.0. The highest BCUT2D eigenvalue weighted by Crippen LogP contribution is 2.17. The van der Waals surface area contributed by atoms with Gasteiger partial charge in [-0.1, -0.05) is 30.3 Å². The number of hydrogen-bond acceptors (Lipinski definition) is 5. The van der Waals surface area contributed by atoms with Crippen LogP contribution >= 0.6 is 0 Å². The number of benzene rings is 1. The Morgan fingerprint density at radius 2 is 1.85 bits per heavy atom. The van der Waals surface area contributed by atoms with Crippen LogP contribution in [0.1, 0.15) is 11.7 Å². The average Bonchev–Trinajstić information content (AvgIpc) is 2.45. The predicted molar refractivity (Wildman–Crippen MR) is 69.7 cm³/mol. The second-order valence-corrected chi connectivity index (χ2v) is 3.78. The first kappa shape index (κ1) is 15.6. The predicted octanol–water partition coefficient (Wildman–Crippen LogP) is 0.373. The van der Waals surface area contributed by atoms with E-state index in [1.165, 1.54) is 14.2 Å². The zero-order valence-electron chi connectivity index (χ0n) is 11.2. The van der Waals surface area contributed by atoms with Crippen molar-refractivity contribution in [1.29, 1.82) is 0 Å². The summed E-state index contributed by atoms with van der Waals surface area (Å²) in [5, 5.41) is 4.31. The van der Waals surface area contributed by atoms with Crippen LogP contribution in [0.15, 0.2) is 30.3 Å². The van der Waals surface area contributed by atoms with Crippen molar-refractivity contribution in [3.8, 4) is 0 Å². The van der Waals surface area contributed by atoms with Crippen LogP contribution in [-0.4, -0.2) is 38.7 Å². The molecule has 0 fully saturated rings. The van der Waals surface area contributed by atoms with Crippen molar-refractivity contribution in [2.45, 2.75) is 6.10 Å². The van der Waals surface area contributed by atoms with E-state index in [2.05, 4.69) is 15.4 Å². The van der Waals surface area contributed by atoms with Crippen LogP contribution in [0.2, 0.25) is 0 Å². The number of amides is 3. The van der Waals surface area contributed by atoms with Crippen molar-refractivity contribution in [1.82, 2.24) is 10.6 Å². The normalized spacial score (nSPS) is 11.3. The lowest BCUT2D eigenvalue weighted by Gasteiger charge is -2.17. The second kappa shape index (κ2) is 7.90. The van der Waals surface area contributed by atoms with Crippen molar-refractivity contribution >= 4 is 17.9 Å². The number of carbonyl (C=O) groups excluding carboxylic acids is 3. The molecule has 1 atom stereocenters. The summed E-state index contributed by atoms with van der Waals surface area (Å²) in [5.41, 5.74) is 0.457. The lowest BCUT2D eigenvalue weighted by molar-refractivity contribution is -0.159. The van der Waals surface area contributed by atoms with Gasteiger partial charge >= 0.3 is 12.0 Å². The Kier molecular flexibility index (Phi) is 6.18. The van der Waals surface area contributed by atoms with E-state index in [9.17, 15) is 14.4 Å². The van der Waals surface area contributed by atoms with Gasteiger partial charge in [-0.2, -0.15) is 0 Å². The summed E-state index contributed by atoms with van der Waals surface area (Å²) >= 11 is 0. The van der Waals surface area contributed by atoms with E-state index in [0.29, 0.717) is 5.56 Å². The fraction of sp³-hybridized carbons (Fsp3) is 0.308. The third kappa shape index (κ3) is 4.69. The molecular weight excluding hydrogens is 264 g/mol. The van der Waals surface area contributed by atoms with Crippen LogP contribution in [0, 0.1) is 0 Å². The first-order valence-corrected chi connectivity index (χ1v) is 5.84. The highest BCUT2D eigenvalue weighted by molar-refractivity contribution is 5.97. The number of ether oxygens (including phenoxy) is 2. The van der Waals surface area contributed by atoms with Crippen LogP contribution in [-0.2, 0) is 19.1 Å². The summed E-state index contributed by atoms with van der Waals surface area (Å²) in [5.74, 6) is -1.44. The molecule has 1 aromatic rings. The van der Waals surface area contributed by atoms with Gasteiger partial charge in [-0.05, 0) is 0 Å². The van der Waals surface area contributed by atoms with Gasteiger partial charge in [-0.3, -0.25) is 10.1 Å². The monoisotopic (exact) mass is 280 g/mol. The minimum absolute atomic E-state index is 0.281. The molecule has 0 aliphatic rings. The molecule has 0 aliphatic heterocycles. The van der Waals surface area contributed by atoms with Crippen LogP contribution < -0.4 is 10.6 Å². The number of rotatable bonds is 5. The largest absolute Gasteiger partial charge is 0.446 e. The summed E-state index contributed by atoms with van der Waals surface area (Å²) in [6, 6.07) is 7.70. The van der Waals surface area contributed by atoms with Gasteiger partial charge in [0.05, 0.1) is 0 Å². The molecule has 7 heteroatoms. The Balaban J connectivity index is 2.87. The fourth-order valence-corrected chi connectivity index (χ4v) is 1.42. The molecule has 0 spiro atoms. The summed E-state index contributed by atoms with van der Waals surface area (Å²) in [6.07, 6.45) is -1.21. The highest BCUT2D eigenvalue weighted by atomic mass is 16.6. The van der Waals surface area contributed by atoms with Gasteiger partial charge < -0.3 is 14.8 Å². The zero-order valence-corrected chi connectivity index (χ0v) is 11.2. The van der Waals surface area contributed by atoms with Crippen LogP contribution in [0.4, 0.5) is 4.79 Å². The molecule has 0 saturated carbocycles. The Labute approximate surface area is 116 Å². The Morgan fingerprint density at radius 1 is 1.20 bits per heavy atom. The van der Waals surface area contributed by atoms with Gasteiger partial charge in [0.15, 0.2) is 0 Å². The molecule has 108 valence electrons. The van der Waals surface area contributed by atoms with Crippen molar-refractivity contribution in [3.05, 3.63) is 35.9 Å². The van der Waals surface area contributed by atoms with E-state index in [4.69, 9.17) is 4.74 Å². The first-order chi connectivity index (χ1) is 9.58. The van der Waals surface area contributed by atoms with E-state index in [0.717, 1.165) is 0 Å². The summed E-state index contributed by atoms with van der Waals surface area (Å²) < 4.78 is 9.67. The Bertz CT molecular complexity index is 475. The van der Waals surface area contributed by atoms with Crippen molar-refractivity contribution in [2.75, 3.05) is 20.8 Å². The third-order valence-electron chi connectivity index (χ3n) is 2.32. The van der Waals surface area contributed by atoms with Crippen molar-refractivity contribution in [2.24, 2.45) is 0 Å². The molecule has 0 saturated heterocycles. The number of urea groups is 1. The van der Waals surface area contributed by atoms with E-state index in [1.807, 2.05) is 0 Å². The number of imide groups is 1. The van der Waals surface area contributed by atoms with E-state index < -0.39 is 24.0 Å². The molecule has 1 aromatic carbocycles. The lowest BCUT2D eigenvalue weighted by Crippen LogP contribution is -2.41. The van der Waals surface area contributed by atoms with Gasteiger partial charge in [0.25, 0.3) is 5.91 Å². The van der Waals surface area contributed by atoms with Gasteiger partial charge in [-0.15, -0.1) is 0 Å². The number of nitrogens with one attached hydrogen (secondary N) is 2. The molecule has 0 aromatic heterocycles. The van der Waals surface area contributed by atoms with Gasteiger partial charge in [0.2, 0.25) is 6.10 Å². The molecule has 0 heterocycles. The molecular formula is C13H16N2O5. The molecule has 0 unspecified atom stereocenters. The lowest BCUT2D eigenvalue weighted by atomic mass is 10.1. The molecule has 1 rings (SSSR count). The molecule has 20 heavy (non-hydrogen) atoms. The fourth-order valence-electron chi connectivity index (χ4n) is 1.42. The Hall–Kier alpha value is -2.41. The molecule has 3 amide bonds. The number of carbonyl (C=O) groups is 3. The van der Waals surface area contributed by atoms with E-state index in [1.54, 1.807) is 30.3 Å². The standard InChI is InChI=1S/C13H16N2O5/c1-14-13(18)15-12(17)11(20-10(16)8-19-2)9-6-4-3-5-7-9/h3-7,11H,8H2,1-2H3,(H2,14,15,17,18)/t11-/m1/s1. The molecule has 2 N–H and O–H groups in total. The quantitative estimate of drug-likeness (QED) is 0.760. The molecule has 7 nitrogen and oxygen atoms in total. The molecule has 0 radical (unpaired) electrons. The summed E-state index contributed by atoms with van der Waals surface area (Å²) in [6.45, 7) is -0.281. The van der Waals surface area contributed by atoms with Crippen LogP contribution in [0.5, 0.6) is 0 Å². The first-order valence-electron chi connectivity index (χ1n) is 5.84. The number of methoxy groups -OCH3 is 1.